The van der Waals surface area contributed by atoms with E-state index in [0.717, 1.165) is 0 Å². The van der Waals surface area contributed by atoms with Gasteiger partial charge >= 0.3 is 0 Å². The van der Waals surface area contributed by atoms with Crippen molar-refractivity contribution in [2.24, 2.45) is 0 Å². The van der Waals surface area contributed by atoms with Gasteiger partial charge in [-0.05, 0) is 10.1 Å². The predicted molar refractivity (Wildman–Crippen MR) is 28.4 cm³/mol. The molecule has 0 unspecified atom stereocenters. The van der Waals surface area contributed by atoms with Gasteiger partial charge in [-0.25, -0.2) is 0 Å². The molecular formula is H8AlBCrCu3FeNi2SiZn. The molecule has 11 heteroatoms. The first-order valence-electron chi connectivity index (χ1n) is 1.00. The van der Waals surface area contributed by atoms with Crippen LogP contribution < -0.4 is 0 Å². The average molecular weight is 555 g/mol. The fourth-order valence-electron chi connectivity index (χ4n) is 0. The molecule has 0 bridgehead atoms. The average Bonchev–Trinajstić information content (AvgIpc) is 1.00. The molecule has 0 heterocycles. The zero-order valence-corrected chi connectivity index (χ0v) is 17.2. The summed E-state index contributed by atoms with van der Waals surface area (Å²) in [5.41, 5.74) is 0. The fraction of sp³-hybridized carbons (Fsp3) is 0. The molecule has 0 atom stereocenters. The first kappa shape index (κ1) is 99.5. The molecule has 3 radical (unpaired) electrons. The maximum Gasteiger partial charge on any atom is 0.187 e. The molecule has 0 aliphatic carbocycles. The van der Waals surface area contributed by atoms with Gasteiger partial charge < -0.3 is 0 Å². The third-order valence-corrected chi connectivity index (χ3v) is 0. The van der Waals surface area contributed by atoms with Gasteiger partial charge in [0, 0.05) is 138 Å². The summed E-state index contributed by atoms with van der Waals surface area (Å²) in [6, 6.07) is 0. The molecule has 0 aliphatic rings. The van der Waals surface area contributed by atoms with Crippen molar-refractivity contribution >= 4 is 34.9 Å². The Morgan fingerprint density at radius 1 is 0.818 bits per heavy atom. The molecule has 0 aromatic carbocycles. The van der Waals surface area contributed by atoms with Crippen LogP contribution in [0.1, 0.15) is 0 Å². The van der Waals surface area contributed by atoms with E-state index in [-0.39, 0.29) is 155 Å². The normalized spacial score (nSPS) is 0.727. The monoisotopic (exact) mass is 550 g/mol. The van der Waals surface area contributed by atoms with Crippen molar-refractivity contribution in [3.05, 3.63) is 0 Å². The predicted octanol–water partition coefficient (Wildman–Crippen LogP) is -3.30. The minimum atomic E-state index is 0. The molecule has 0 rings (SSSR count). The third-order valence-electron chi connectivity index (χ3n) is 0. The maximum absolute atomic E-state index is 2.14. The van der Waals surface area contributed by atoms with Crippen LogP contribution in [0, 0.1) is 0 Å². The Bertz CT molecular complexity index is 31.3. The van der Waals surface area contributed by atoms with E-state index in [1.807, 2.05) is 0 Å². The summed E-state index contributed by atoms with van der Waals surface area (Å²) >= 11 is 0. The van der Waals surface area contributed by atoms with Gasteiger partial charge in [-0.1, -0.05) is 0 Å². The van der Waals surface area contributed by atoms with Crippen molar-refractivity contribution in [2.45, 2.75) is 0 Å². The largest absolute Gasteiger partial charge is 0.187 e. The summed E-state index contributed by atoms with van der Waals surface area (Å²) in [5.74, 6) is 0. The van der Waals surface area contributed by atoms with Gasteiger partial charge in [0.2, 0.25) is 0 Å². The molecule has 0 fully saturated rings. The Labute approximate surface area is 170 Å². The van der Waals surface area contributed by atoms with Crippen LogP contribution in [-0.2, 0) is 138 Å². The van der Waals surface area contributed by atoms with E-state index < -0.39 is 0 Å². The minimum absolute atomic E-state index is 0. The number of hydrogen-bond donors (Lipinski definition) is 0. The van der Waals surface area contributed by atoms with E-state index in [0.29, 0.717) is 0 Å². The van der Waals surface area contributed by atoms with Crippen molar-refractivity contribution in [1.82, 2.24) is 0 Å². The smallest absolute Gasteiger partial charge is 0.0304 e. The summed E-state index contributed by atoms with van der Waals surface area (Å²) < 4.78 is 0. The molecule has 11 heavy (non-hydrogen) atoms. The molecule has 87 valence electrons. The summed E-state index contributed by atoms with van der Waals surface area (Å²) in [6.45, 7) is 0. The zero-order valence-electron chi connectivity index (χ0n) is 5.01. The summed E-state index contributed by atoms with van der Waals surface area (Å²) in [4.78, 5) is 0. The van der Waals surface area contributed by atoms with Crippen molar-refractivity contribution in [2.75, 3.05) is 0 Å². The standard InChI is InChI=1S/Al.BH5Si.Cr.3Cu.Fe.2Ni.Zn.3H/c;1-2;;;;;;;;;;;/h;1H2,2H3;;;;;;;;;;;. The van der Waals surface area contributed by atoms with E-state index >= 15 is 0 Å². The van der Waals surface area contributed by atoms with Crippen LogP contribution in [0.2, 0.25) is 0 Å². The van der Waals surface area contributed by atoms with Crippen molar-refractivity contribution in [3.8, 4) is 0 Å². The SMILES string of the molecule is B[SiH3].[AlH3].[Cr].[Cu].[Cu].[Cu].[Fe].[Ni].[Ni].[Zn]. The van der Waals surface area contributed by atoms with Crippen LogP contribution in [0.4, 0.5) is 0 Å². The second-order valence-electron chi connectivity index (χ2n) is 0. The molecule has 0 saturated heterocycles. The van der Waals surface area contributed by atoms with Crippen LogP contribution in [0.15, 0.2) is 0 Å². The van der Waals surface area contributed by atoms with Gasteiger partial charge in [-0.15, -0.1) is 0 Å². The second-order valence-corrected chi connectivity index (χ2v) is 0. The molecule has 0 saturated carbocycles. The molecular weight excluding hydrogens is 547 g/mol. The van der Waals surface area contributed by atoms with E-state index in [1.54, 1.807) is 0 Å². The molecule has 0 aromatic heterocycles. The van der Waals surface area contributed by atoms with E-state index in [1.165, 1.54) is 10.1 Å². The second kappa shape index (κ2) is 117. The van der Waals surface area contributed by atoms with Crippen LogP contribution >= 0.6 is 0 Å². The van der Waals surface area contributed by atoms with Crippen LogP contribution in [0.5, 0.6) is 0 Å². The van der Waals surface area contributed by atoms with E-state index in [2.05, 4.69) is 7.44 Å². The van der Waals surface area contributed by atoms with E-state index in [9.17, 15) is 0 Å². The van der Waals surface area contributed by atoms with Crippen LogP contribution in [-0.4, -0.2) is 34.9 Å². The Hall–Kier alpha value is 5.04. The van der Waals surface area contributed by atoms with Gasteiger partial charge in [-0.3, -0.25) is 0 Å². The fourth-order valence-corrected chi connectivity index (χ4v) is 0. The molecule has 0 aromatic rings. The zero-order chi connectivity index (χ0) is 2.00. The van der Waals surface area contributed by atoms with Gasteiger partial charge in [0.15, 0.2) is 17.4 Å². The van der Waals surface area contributed by atoms with E-state index in [4.69, 9.17) is 0 Å². The molecule has 0 aliphatic heterocycles. The summed E-state index contributed by atoms with van der Waals surface area (Å²) in [6.07, 6.45) is 0. The Morgan fingerprint density at radius 3 is 0.818 bits per heavy atom. The number of rotatable bonds is 0. The van der Waals surface area contributed by atoms with Gasteiger partial charge in [0.1, 0.15) is 0 Å². The molecule has 0 N–H and O–H groups in total. The molecule has 0 nitrogen and oxygen atoms in total. The summed E-state index contributed by atoms with van der Waals surface area (Å²) in [7, 11) is 3.44. The van der Waals surface area contributed by atoms with Crippen molar-refractivity contribution in [1.29, 1.82) is 0 Å². The minimum Gasteiger partial charge on any atom is -0.0304 e. The third kappa shape index (κ3) is 101. The Balaban J connectivity index is -0.000000000139. The van der Waals surface area contributed by atoms with Crippen LogP contribution in [0.3, 0.4) is 0 Å². The quantitative estimate of drug-likeness (QED) is 0.275. The van der Waals surface area contributed by atoms with Crippen LogP contribution in [0.25, 0.3) is 0 Å². The molecule has 0 spiro atoms. The first-order chi connectivity index (χ1) is 1.00. The topological polar surface area (TPSA) is 0 Å². The Morgan fingerprint density at radius 2 is 0.818 bits per heavy atom. The van der Waals surface area contributed by atoms with Crippen molar-refractivity contribution in [3.63, 3.8) is 0 Å². The molecule has 0 amide bonds. The van der Waals surface area contributed by atoms with Gasteiger partial charge in [-0.2, -0.15) is 0 Å². The van der Waals surface area contributed by atoms with Gasteiger partial charge in [0.25, 0.3) is 0 Å². The first-order valence-corrected chi connectivity index (χ1v) is 3.00. The summed E-state index contributed by atoms with van der Waals surface area (Å²) in [5, 5.41) is 0. The Kier molecular flexibility index (Phi) is 1060. The van der Waals surface area contributed by atoms with Crippen molar-refractivity contribution < 1.29 is 138 Å². The number of hydrogen-bond acceptors (Lipinski definition) is 0. The maximum atomic E-state index is 2.14. The van der Waals surface area contributed by atoms with Gasteiger partial charge in [0.05, 0.1) is 7.44 Å².